The van der Waals surface area contributed by atoms with Crippen molar-refractivity contribution < 1.29 is 14.6 Å². The number of ether oxygens (including phenoxy) is 1. The van der Waals surface area contributed by atoms with Crippen LogP contribution in [0.4, 0.5) is 0 Å². The smallest absolute Gasteiger partial charge is 0.339 e. The van der Waals surface area contributed by atoms with E-state index in [1.165, 1.54) is 17.2 Å². The monoisotopic (exact) mass is 285 g/mol. The first-order valence-electron chi connectivity index (χ1n) is 6.88. The Bertz CT molecular complexity index is 610. The second-order valence-corrected chi connectivity index (χ2v) is 4.82. The van der Waals surface area contributed by atoms with Gasteiger partial charge in [-0.15, -0.1) is 0 Å². The van der Waals surface area contributed by atoms with Crippen LogP contribution in [0.3, 0.4) is 0 Å². The van der Waals surface area contributed by atoms with Gasteiger partial charge in [0.1, 0.15) is 17.9 Å². The van der Waals surface area contributed by atoms with Gasteiger partial charge in [0, 0.05) is 13.1 Å². The van der Waals surface area contributed by atoms with E-state index in [1.807, 2.05) is 6.07 Å². The molecule has 2 rings (SSSR count). The molecule has 0 aliphatic heterocycles. The first-order valence-corrected chi connectivity index (χ1v) is 6.88. The molecule has 0 amide bonds. The molecule has 4 nitrogen and oxygen atoms in total. The number of hydrogen-bond donors (Lipinski definition) is 2. The topological polar surface area (TPSA) is 58.6 Å². The number of nitrogens with one attached hydrogen (secondary N) is 1. The van der Waals surface area contributed by atoms with Crippen molar-refractivity contribution in [1.29, 1.82) is 0 Å². The van der Waals surface area contributed by atoms with Crippen LogP contribution in [-0.4, -0.2) is 24.2 Å². The van der Waals surface area contributed by atoms with E-state index in [-0.39, 0.29) is 5.56 Å². The average Bonchev–Trinajstić information content (AvgIpc) is 2.47. The third kappa shape index (κ3) is 4.61. The molecule has 0 fully saturated rings. The Balaban J connectivity index is 1.76. The lowest BCUT2D eigenvalue weighted by Gasteiger charge is -2.10. The minimum Gasteiger partial charge on any atom is -0.491 e. The predicted octanol–water partition coefficient (Wildman–Crippen LogP) is 2.86. The van der Waals surface area contributed by atoms with Crippen LogP contribution in [0, 0.1) is 6.92 Å². The number of rotatable bonds is 7. The Morgan fingerprint density at radius 1 is 1.19 bits per heavy atom. The number of benzene rings is 2. The highest BCUT2D eigenvalue weighted by atomic mass is 16.5. The summed E-state index contributed by atoms with van der Waals surface area (Å²) in [5.41, 5.74) is 2.65. The summed E-state index contributed by atoms with van der Waals surface area (Å²) < 4.78 is 5.52. The molecule has 21 heavy (non-hydrogen) atoms. The van der Waals surface area contributed by atoms with Gasteiger partial charge in [0.25, 0.3) is 0 Å². The fraction of sp³-hybridized carbons (Fsp3) is 0.235. The molecule has 0 aliphatic carbocycles. The van der Waals surface area contributed by atoms with Crippen LogP contribution in [0.15, 0.2) is 48.5 Å². The molecule has 0 saturated heterocycles. The summed E-state index contributed by atoms with van der Waals surface area (Å²) in [5.74, 6) is -0.569. The standard InChI is InChI=1S/C17H19NO3/c1-13-5-4-6-14(11-13)12-18-9-10-21-16-8-3-2-7-15(16)17(19)20/h2-8,11,18H,9-10,12H2,1H3,(H,19,20). The van der Waals surface area contributed by atoms with E-state index < -0.39 is 5.97 Å². The summed E-state index contributed by atoms with van der Waals surface area (Å²) in [6.07, 6.45) is 0. The number of aryl methyl sites for hydroxylation is 1. The lowest BCUT2D eigenvalue weighted by molar-refractivity contribution is 0.0692. The molecule has 0 aliphatic rings. The molecule has 0 aromatic heterocycles. The summed E-state index contributed by atoms with van der Waals surface area (Å²) in [6, 6.07) is 15.0. The molecule has 0 saturated carbocycles. The van der Waals surface area contributed by atoms with Gasteiger partial charge in [-0.25, -0.2) is 4.79 Å². The van der Waals surface area contributed by atoms with Crippen LogP contribution in [0.25, 0.3) is 0 Å². The first kappa shape index (κ1) is 15.1. The molecule has 2 aromatic carbocycles. The van der Waals surface area contributed by atoms with Crippen molar-refractivity contribution >= 4 is 5.97 Å². The highest BCUT2D eigenvalue weighted by molar-refractivity contribution is 5.90. The SMILES string of the molecule is Cc1cccc(CNCCOc2ccccc2C(=O)O)c1. The Kier molecular flexibility index (Phi) is 5.35. The average molecular weight is 285 g/mol. The van der Waals surface area contributed by atoms with Crippen LogP contribution in [0.1, 0.15) is 21.5 Å². The number of hydrogen-bond acceptors (Lipinski definition) is 3. The van der Waals surface area contributed by atoms with E-state index in [2.05, 4.69) is 30.4 Å². The molecule has 0 atom stereocenters. The van der Waals surface area contributed by atoms with E-state index in [1.54, 1.807) is 18.2 Å². The Labute approximate surface area is 124 Å². The molecule has 0 spiro atoms. The van der Waals surface area contributed by atoms with Gasteiger partial charge in [0.15, 0.2) is 0 Å². The fourth-order valence-corrected chi connectivity index (χ4v) is 2.06. The lowest BCUT2D eigenvalue weighted by Crippen LogP contribution is -2.21. The number of aromatic carboxylic acids is 1. The largest absolute Gasteiger partial charge is 0.491 e. The minimum atomic E-state index is -0.974. The van der Waals surface area contributed by atoms with Crippen LogP contribution in [-0.2, 0) is 6.54 Å². The van der Waals surface area contributed by atoms with E-state index in [0.29, 0.717) is 18.9 Å². The van der Waals surface area contributed by atoms with Gasteiger partial charge >= 0.3 is 5.97 Å². The molecule has 4 heteroatoms. The normalized spacial score (nSPS) is 10.3. The van der Waals surface area contributed by atoms with Gasteiger partial charge in [-0.1, -0.05) is 42.0 Å². The van der Waals surface area contributed by atoms with Crippen LogP contribution in [0.2, 0.25) is 0 Å². The zero-order chi connectivity index (χ0) is 15.1. The van der Waals surface area contributed by atoms with Crippen LogP contribution >= 0.6 is 0 Å². The van der Waals surface area contributed by atoms with Crippen molar-refractivity contribution in [3.63, 3.8) is 0 Å². The molecule has 0 bridgehead atoms. The van der Waals surface area contributed by atoms with Gasteiger partial charge in [-0.05, 0) is 24.6 Å². The van der Waals surface area contributed by atoms with Gasteiger partial charge in [0.05, 0.1) is 0 Å². The van der Waals surface area contributed by atoms with Crippen molar-refractivity contribution in [3.05, 3.63) is 65.2 Å². The third-order valence-electron chi connectivity index (χ3n) is 3.07. The number of carbonyl (C=O) groups is 1. The number of para-hydroxylation sites is 1. The summed E-state index contributed by atoms with van der Waals surface area (Å²) in [5, 5.41) is 12.3. The van der Waals surface area contributed by atoms with Gasteiger partial charge in [-0.3, -0.25) is 0 Å². The Hall–Kier alpha value is -2.33. The molecule has 2 aromatic rings. The highest BCUT2D eigenvalue weighted by Gasteiger charge is 2.09. The maximum atomic E-state index is 11.0. The second kappa shape index (κ2) is 7.45. The Morgan fingerprint density at radius 3 is 2.76 bits per heavy atom. The number of carboxylic acid groups (broad SMARTS) is 1. The molecule has 110 valence electrons. The van der Waals surface area contributed by atoms with Crippen molar-refractivity contribution in [2.75, 3.05) is 13.2 Å². The summed E-state index contributed by atoms with van der Waals surface area (Å²) in [4.78, 5) is 11.0. The van der Waals surface area contributed by atoms with Gasteiger partial charge in [-0.2, -0.15) is 0 Å². The van der Waals surface area contributed by atoms with Gasteiger partial charge < -0.3 is 15.2 Å². The maximum absolute atomic E-state index is 11.0. The molecular weight excluding hydrogens is 266 g/mol. The molecule has 0 heterocycles. The van der Waals surface area contributed by atoms with Crippen molar-refractivity contribution in [2.24, 2.45) is 0 Å². The van der Waals surface area contributed by atoms with Crippen LogP contribution in [0.5, 0.6) is 5.75 Å². The number of carboxylic acids is 1. The van der Waals surface area contributed by atoms with Crippen LogP contribution < -0.4 is 10.1 Å². The zero-order valence-corrected chi connectivity index (χ0v) is 12.0. The van der Waals surface area contributed by atoms with Crippen molar-refractivity contribution in [2.45, 2.75) is 13.5 Å². The quantitative estimate of drug-likeness (QED) is 0.768. The second-order valence-electron chi connectivity index (χ2n) is 4.82. The minimum absolute atomic E-state index is 0.191. The highest BCUT2D eigenvalue weighted by Crippen LogP contribution is 2.17. The van der Waals surface area contributed by atoms with E-state index in [4.69, 9.17) is 9.84 Å². The maximum Gasteiger partial charge on any atom is 0.339 e. The molecule has 0 radical (unpaired) electrons. The van der Waals surface area contributed by atoms with Gasteiger partial charge in [0.2, 0.25) is 0 Å². The zero-order valence-electron chi connectivity index (χ0n) is 12.0. The molecule has 0 unspecified atom stereocenters. The predicted molar refractivity (Wildman–Crippen MR) is 81.8 cm³/mol. The first-order chi connectivity index (χ1) is 10.2. The van der Waals surface area contributed by atoms with E-state index in [9.17, 15) is 4.79 Å². The molecule has 2 N–H and O–H groups in total. The summed E-state index contributed by atoms with van der Waals surface area (Å²) in [6.45, 7) is 3.92. The third-order valence-corrected chi connectivity index (χ3v) is 3.07. The van der Waals surface area contributed by atoms with Crippen molar-refractivity contribution in [1.82, 2.24) is 5.32 Å². The lowest BCUT2D eigenvalue weighted by atomic mass is 10.1. The molecular formula is C17H19NO3. The van der Waals surface area contributed by atoms with E-state index >= 15 is 0 Å². The Morgan fingerprint density at radius 2 is 2.00 bits per heavy atom. The fourth-order valence-electron chi connectivity index (χ4n) is 2.06. The van der Waals surface area contributed by atoms with Crippen molar-refractivity contribution in [3.8, 4) is 5.75 Å². The van der Waals surface area contributed by atoms with E-state index in [0.717, 1.165) is 6.54 Å². The summed E-state index contributed by atoms with van der Waals surface area (Å²) in [7, 11) is 0. The summed E-state index contributed by atoms with van der Waals surface area (Å²) >= 11 is 0.